The standard InChI is InChI=1S/C19H20N4O3/c1-12(2)20-16(24)11-23-10-15(8-9-17(23)25)19-21-18(22-26-19)14-6-4-13(3)5-7-14/h4-10,12H,11H2,1-3H3,(H,20,24). The first-order valence-corrected chi connectivity index (χ1v) is 8.33. The molecule has 0 atom stereocenters. The lowest BCUT2D eigenvalue weighted by Gasteiger charge is -2.10. The van der Waals surface area contributed by atoms with Crippen molar-refractivity contribution in [3.63, 3.8) is 0 Å². The smallest absolute Gasteiger partial charge is 0.259 e. The average Bonchev–Trinajstić information content (AvgIpc) is 3.07. The number of benzene rings is 1. The molecule has 2 heterocycles. The average molecular weight is 352 g/mol. The minimum Gasteiger partial charge on any atom is -0.352 e. The lowest BCUT2D eigenvalue weighted by atomic mass is 10.1. The number of aromatic nitrogens is 3. The van der Waals surface area contributed by atoms with E-state index in [0.717, 1.165) is 11.1 Å². The Morgan fingerprint density at radius 3 is 2.54 bits per heavy atom. The predicted molar refractivity (Wildman–Crippen MR) is 97.4 cm³/mol. The molecule has 1 aromatic carbocycles. The number of hydrogen-bond acceptors (Lipinski definition) is 5. The lowest BCUT2D eigenvalue weighted by Crippen LogP contribution is -2.35. The summed E-state index contributed by atoms with van der Waals surface area (Å²) < 4.78 is 6.64. The number of pyridine rings is 1. The molecule has 0 spiro atoms. The highest BCUT2D eigenvalue weighted by atomic mass is 16.5. The number of carbonyl (C=O) groups is 1. The second-order valence-electron chi connectivity index (χ2n) is 6.40. The first kappa shape index (κ1) is 17.6. The molecule has 0 saturated heterocycles. The van der Waals surface area contributed by atoms with Crippen LogP contribution < -0.4 is 10.9 Å². The first-order valence-electron chi connectivity index (χ1n) is 8.33. The van der Waals surface area contributed by atoms with Gasteiger partial charge in [-0.25, -0.2) is 0 Å². The fourth-order valence-corrected chi connectivity index (χ4v) is 2.46. The van der Waals surface area contributed by atoms with Crippen LogP contribution in [0.25, 0.3) is 22.8 Å². The largest absolute Gasteiger partial charge is 0.352 e. The minimum absolute atomic E-state index is 0.00870. The summed E-state index contributed by atoms with van der Waals surface area (Å²) in [7, 11) is 0. The van der Waals surface area contributed by atoms with Crippen molar-refractivity contribution in [2.24, 2.45) is 0 Å². The summed E-state index contributed by atoms with van der Waals surface area (Å²) >= 11 is 0. The quantitative estimate of drug-likeness (QED) is 0.761. The zero-order valence-corrected chi connectivity index (χ0v) is 14.9. The third-order valence-electron chi connectivity index (χ3n) is 3.73. The van der Waals surface area contributed by atoms with Crippen LogP contribution >= 0.6 is 0 Å². The van der Waals surface area contributed by atoms with E-state index in [-0.39, 0.29) is 24.1 Å². The molecular weight excluding hydrogens is 332 g/mol. The Kier molecular flexibility index (Phi) is 4.97. The van der Waals surface area contributed by atoms with E-state index in [0.29, 0.717) is 17.3 Å². The van der Waals surface area contributed by atoms with Crippen molar-refractivity contribution in [1.82, 2.24) is 20.0 Å². The van der Waals surface area contributed by atoms with E-state index in [4.69, 9.17) is 4.52 Å². The van der Waals surface area contributed by atoms with Crippen molar-refractivity contribution < 1.29 is 9.32 Å². The first-order chi connectivity index (χ1) is 12.4. The lowest BCUT2D eigenvalue weighted by molar-refractivity contribution is -0.122. The number of hydrogen-bond donors (Lipinski definition) is 1. The Bertz CT molecular complexity index is 971. The van der Waals surface area contributed by atoms with Gasteiger partial charge in [0, 0.05) is 23.9 Å². The predicted octanol–water partition coefficient (Wildman–Crippen LogP) is 2.40. The van der Waals surface area contributed by atoms with Crippen molar-refractivity contribution in [2.75, 3.05) is 0 Å². The maximum atomic E-state index is 12.0. The van der Waals surface area contributed by atoms with Crippen LogP contribution in [0.4, 0.5) is 0 Å². The normalized spacial score (nSPS) is 10.9. The molecule has 0 fully saturated rings. The van der Waals surface area contributed by atoms with E-state index in [1.807, 2.05) is 45.0 Å². The van der Waals surface area contributed by atoms with E-state index in [2.05, 4.69) is 15.5 Å². The van der Waals surface area contributed by atoms with Gasteiger partial charge in [-0.2, -0.15) is 4.98 Å². The Hall–Kier alpha value is -3.22. The molecule has 0 unspecified atom stereocenters. The molecule has 7 nitrogen and oxygen atoms in total. The molecule has 0 saturated carbocycles. The summed E-state index contributed by atoms with van der Waals surface area (Å²) in [6, 6.07) is 10.8. The number of nitrogens with one attached hydrogen (secondary N) is 1. The summed E-state index contributed by atoms with van der Waals surface area (Å²) in [6.07, 6.45) is 1.55. The molecule has 2 aromatic heterocycles. The van der Waals surface area contributed by atoms with Gasteiger partial charge in [0.1, 0.15) is 6.54 Å². The topological polar surface area (TPSA) is 90.0 Å². The molecule has 0 bridgehead atoms. The Labute approximate surface area is 150 Å². The number of nitrogens with zero attached hydrogens (tertiary/aromatic N) is 3. The molecule has 134 valence electrons. The number of carbonyl (C=O) groups excluding carboxylic acids is 1. The van der Waals surface area contributed by atoms with Gasteiger partial charge in [-0.3, -0.25) is 9.59 Å². The molecule has 3 rings (SSSR count). The maximum absolute atomic E-state index is 12.0. The van der Waals surface area contributed by atoms with Crippen molar-refractivity contribution in [3.05, 3.63) is 58.5 Å². The number of amides is 1. The molecule has 1 amide bonds. The van der Waals surface area contributed by atoms with Gasteiger partial charge in [0.05, 0.1) is 5.56 Å². The molecule has 0 aliphatic heterocycles. The summed E-state index contributed by atoms with van der Waals surface area (Å²) in [5, 5.41) is 6.75. The van der Waals surface area contributed by atoms with Crippen LogP contribution in [-0.2, 0) is 11.3 Å². The molecule has 7 heteroatoms. The second kappa shape index (κ2) is 7.35. The molecule has 1 N–H and O–H groups in total. The van der Waals surface area contributed by atoms with E-state index in [9.17, 15) is 9.59 Å². The third-order valence-corrected chi connectivity index (χ3v) is 3.73. The van der Waals surface area contributed by atoms with Crippen molar-refractivity contribution in [3.8, 4) is 22.8 Å². The molecule has 0 aliphatic rings. The zero-order chi connectivity index (χ0) is 18.7. The van der Waals surface area contributed by atoms with Gasteiger partial charge in [0.2, 0.25) is 11.7 Å². The Balaban J connectivity index is 1.86. The van der Waals surface area contributed by atoms with Gasteiger partial charge < -0.3 is 14.4 Å². The summed E-state index contributed by atoms with van der Waals surface area (Å²) in [5.74, 6) is 0.527. The molecular formula is C19H20N4O3. The fourth-order valence-electron chi connectivity index (χ4n) is 2.46. The van der Waals surface area contributed by atoms with Crippen LogP contribution in [0.3, 0.4) is 0 Å². The van der Waals surface area contributed by atoms with Crippen LogP contribution in [0.1, 0.15) is 19.4 Å². The summed E-state index contributed by atoms with van der Waals surface area (Å²) in [6.45, 7) is 5.66. The van der Waals surface area contributed by atoms with Crippen LogP contribution in [0.2, 0.25) is 0 Å². The van der Waals surface area contributed by atoms with Crippen LogP contribution in [0.15, 0.2) is 51.9 Å². The monoisotopic (exact) mass is 352 g/mol. The van der Waals surface area contributed by atoms with E-state index < -0.39 is 0 Å². The molecule has 0 aliphatic carbocycles. The van der Waals surface area contributed by atoms with Crippen LogP contribution in [-0.4, -0.2) is 26.7 Å². The SMILES string of the molecule is Cc1ccc(-c2noc(-c3ccc(=O)n(CC(=O)NC(C)C)c3)n2)cc1. The highest BCUT2D eigenvalue weighted by molar-refractivity contribution is 5.76. The molecule has 3 aromatic rings. The Morgan fingerprint density at radius 1 is 1.15 bits per heavy atom. The van der Waals surface area contributed by atoms with Crippen LogP contribution in [0, 0.1) is 6.92 Å². The van der Waals surface area contributed by atoms with Gasteiger partial charge in [-0.15, -0.1) is 0 Å². The highest BCUT2D eigenvalue weighted by Gasteiger charge is 2.13. The number of rotatable bonds is 5. The molecule has 0 radical (unpaired) electrons. The maximum Gasteiger partial charge on any atom is 0.259 e. The van der Waals surface area contributed by atoms with E-state index in [1.165, 1.54) is 10.6 Å². The van der Waals surface area contributed by atoms with Crippen LogP contribution in [0.5, 0.6) is 0 Å². The van der Waals surface area contributed by atoms with Crippen molar-refractivity contribution in [1.29, 1.82) is 0 Å². The third kappa shape index (κ3) is 4.05. The summed E-state index contributed by atoms with van der Waals surface area (Å²) in [4.78, 5) is 28.3. The second-order valence-corrected chi connectivity index (χ2v) is 6.40. The van der Waals surface area contributed by atoms with Gasteiger partial charge in [0.15, 0.2) is 0 Å². The minimum atomic E-state index is -0.272. The summed E-state index contributed by atoms with van der Waals surface area (Å²) in [5.41, 5.74) is 2.29. The van der Waals surface area contributed by atoms with Crippen molar-refractivity contribution in [2.45, 2.75) is 33.4 Å². The van der Waals surface area contributed by atoms with Gasteiger partial charge in [-0.1, -0.05) is 35.0 Å². The Morgan fingerprint density at radius 2 is 1.85 bits per heavy atom. The number of aryl methyl sites for hydroxylation is 1. The van der Waals surface area contributed by atoms with E-state index in [1.54, 1.807) is 12.3 Å². The zero-order valence-electron chi connectivity index (χ0n) is 14.9. The van der Waals surface area contributed by atoms with Gasteiger partial charge in [0.25, 0.3) is 11.4 Å². The van der Waals surface area contributed by atoms with E-state index >= 15 is 0 Å². The highest BCUT2D eigenvalue weighted by Crippen LogP contribution is 2.21. The van der Waals surface area contributed by atoms with Gasteiger partial charge in [-0.05, 0) is 26.8 Å². The van der Waals surface area contributed by atoms with Gasteiger partial charge >= 0.3 is 0 Å². The molecule has 26 heavy (non-hydrogen) atoms. The van der Waals surface area contributed by atoms with Crippen molar-refractivity contribution >= 4 is 5.91 Å². The fraction of sp³-hybridized carbons (Fsp3) is 0.263.